The molecule has 1 aliphatic heterocycles. The molecule has 1 fully saturated rings. The minimum atomic E-state index is -0.483. The monoisotopic (exact) mass is 437 g/mol. The number of pyridine rings is 1. The highest BCUT2D eigenvalue weighted by Crippen LogP contribution is 2.25. The molecule has 4 rings (SSSR count). The summed E-state index contributed by atoms with van der Waals surface area (Å²) >= 11 is 1.35. The van der Waals surface area contributed by atoms with Crippen molar-refractivity contribution in [3.63, 3.8) is 0 Å². The molecular weight excluding hydrogens is 414 g/mol. The van der Waals surface area contributed by atoms with Crippen LogP contribution in [0.2, 0.25) is 0 Å². The van der Waals surface area contributed by atoms with E-state index < -0.39 is 6.04 Å². The van der Waals surface area contributed by atoms with Crippen molar-refractivity contribution in [3.05, 3.63) is 65.4 Å². The molecule has 31 heavy (non-hydrogen) atoms. The van der Waals surface area contributed by atoms with Crippen LogP contribution in [0.1, 0.15) is 28.9 Å². The Labute approximate surface area is 184 Å². The first-order valence-electron chi connectivity index (χ1n) is 9.98. The number of anilines is 2. The lowest BCUT2D eigenvalue weighted by Gasteiger charge is -2.23. The molecule has 1 aromatic carbocycles. The molecule has 1 atom stereocenters. The van der Waals surface area contributed by atoms with E-state index in [-0.39, 0.29) is 11.8 Å². The van der Waals surface area contributed by atoms with Gasteiger partial charge in [-0.25, -0.2) is 4.98 Å². The Hall–Kier alpha value is -3.46. The van der Waals surface area contributed by atoms with E-state index >= 15 is 0 Å². The van der Waals surface area contributed by atoms with Crippen LogP contribution in [0.4, 0.5) is 10.8 Å². The van der Waals surface area contributed by atoms with Crippen molar-refractivity contribution in [2.75, 3.05) is 19.0 Å². The van der Waals surface area contributed by atoms with E-state index in [0.717, 1.165) is 23.4 Å². The summed E-state index contributed by atoms with van der Waals surface area (Å²) in [6.45, 7) is 0.931. The number of likely N-dealkylation sites (tertiary alicyclic amines) is 1. The van der Waals surface area contributed by atoms with Crippen LogP contribution in [-0.2, 0) is 11.3 Å². The maximum absolute atomic E-state index is 13.0. The second-order valence-corrected chi connectivity index (χ2v) is 7.99. The number of nitrogens with one attached hydrogen (secondary N) is 2. The summed E-state index contributed by atoms with van der Waals surface area (Å²) in [5.41, 5.74) is 2.11. The summed E-state index contributed by atoms with van der Waals surface area (Å²) in [5, 5.41) is 8.44. The molecule has 0 radical (unpaired) electrons. The van der Waals surface area contributed by atoms with Gasteiger partial charge in [-0.1, -0.05) is 6.07 Å². The Kier molecular flexibility index (Phi) is 6.42. The van der Waals surface area contributed by atoms with E-state index in [4.69, 9.17) is 4.74 Å². The first-order chi connectivity index (χ1) is 15.1. The third-order valence-electron chi connectivity index (χ3n) is 5.07. The number of rotatable bonds is 7. The van der Waals surface area contributed by atoms with Gasteiger partial charge in [-0.2, -0.15) is 0 Å². The Morgan fingerprint density at radius 1 is 1.26 bits per heavy atom. The van der Waals surface area contributed by atoms with Gasteiger partial charge in [-0.15, -0.1) is 11.3 Å². The number of ether oxygens (including phenoxy) is 1. The highest BCUT2D eigenvalue weighted by atomic mass is 32.1. The van der Waals surface area contributed by atoms with E-state index in [0.29, 0.717) is 30.3 Å². The smallest absolute Gasteiger partial charge is 0.274 e. The SMILES string of the molecule is COc1ccc(Nc2nc(C(=O)N3CCCC3C(=O)NCc3cccnc3)cs2)cc1. The summed E-state index contributed by atoms with van der Waals surface area (Å²) in [6, 6.07) is 10.7. The van der Waals surface area contributed by atoms with Gasteiger partial charge in [-0.05, 0) is 48.7 Å². The van der Waals surface area contributed by atoms with E-state index in [1.807, 2.05) is 36.4 Å². The minimum Gasteiger partial charge on any atom is -0.497 e. The zero-order chi connectivity index (χ0) is 21.6. The lowest BCUT2D eigenvalue weighted by molar-refractivity contribution is -0.125. The van der Waals surface area contributed by atoms with E-state index in [1.54, 1.807) is 29.8 Å². The number of carbonyl (C=O) groups is 2. The lowest BCUT2D eigenvalue weighted by atomic mass is 10.2. The Balaban J connectivity index is 1.38. The van der Waals surface area contributed by atoms with Crippen molar-refractivity contribution in [1.29, 1.82) is 0 Å². The van der Waals surface area contributed by atoms with Gasteiger partial charge in [0.2, 0.25) is 5.91 Å². The number of amides is 2. The van der Waals surface area contributed by atoms with Crippen molar-refractivity contribution in [3.8, 4) is 5.75 Å². The predicted octanol–water partition coefficient (Wildman–Crippen LogP) is 3.21. The third kappa shape index (κ3) is 5.00. The molecule has 3 heterocycles. The molecule has 0 bridgehead atoms. The van der Waals surface area contributed by atoms with Crippen LogP contribution in [0.3, 0.4) is 0 Å². The average Bonchev–Trinajstić information content (AvgIpc) is 3.48. The summed E-state index contributed by atoms with van der Waals surface area (Å²) in [5.74, 6) is 0.391. The molecule has 3 aromatic rings. The maximum atomic E-state index is 13.0. The average molecular weight is 438 g/mol. The van der Waals surface area contributed by atoms with E-state index in [2.05, 4.69) is 20.6 Å². The van der Waals surface area contributed by atoms with Crippen LogP contribution in [0.5, 0.6) is 5.75 Å². The van der Waals surface area contributed by atoms with Crippen molar-refractivity contribution >= 4 is 34.0 Å². The first kappa shape index (κ1) is 20.8. The number of hydrogen-bond acceptors (Lipinski definition) is 7. The van der Waals surface area contributed by atoms with Gasteiger partial charge in [0.15, 0.2) is 5.13 Å². The standard InChI is InChI=1S/C22H23N5O3S/c1-30-17-8-6-16(7-9-17)25-22-26-18(14-31-22)21(29)27-11-3-5-19(27)20(28)24-13-15-4-2-10-23-12-15/h2,4,6-10,12,14,19H,3,5,11,13H2,1H3,(H,24,28)(H,25,26). The fourth-order valence-corrected chi connectivity index (χ4v) is 4.17. The van der Waals surface area contributed by atoms with Crippen molar-refractivity contribution < 1.29 is 14.3 Å². The van der Waals surface area contributed by atoms with Crippen molar-refractivity contribution in [1.82, 2.24) is 20.2 Å². The fraction of sp³-hybridized carbons (Fsp3) is 0.273. The molecule has 0 spiro atoms. The normalized spacial score (nSPS) is 15.5. The molecular formula is C22H23N5O3S. The number of hydrogen-bond donors (Lipinski definition) is 2. The van der Waals surface area contributed by atoms with E-state index in [9.17, 15) is 9.59 Å². The molecule has 0 aliphatic carbocycles. The number of nitrogens with zero attached hydrogens (tertiary/aromatic N) is 3. The highest BCUT2D eigenvalue weighted by molar-refractivity contribution is 7.14. The Bertz CT molecular complexity index is 1040. The second-order valence-electron chi connectivity index (χ2n) is 7.13. The van der Waals surface area contributed by atoms with Crippen LogP contribution in [0.25, 0.3) is 0 Å². The Morgan fingerprint density at radius 2 is 2.10 bits per heavy atom. The number of benzene rings is 1. The number of thiazole rings is 1. The molecule has 9 heteroatoms. The fourth-order valence-electron chi connectivity index (χ4n) is 3.47. The zero-order valence-electron chi connectivity index (χ0n) is 17.1. The van der Waals surface area contributed by atoms with Crippen LogP contribution in [-0.4, -0.2) is 46.4 Å². The van der Waals surface area contributed by atoms with Gasteiger partial charge in [0.1, 0.15) is 17.5 Å². The third-order valence-corrected chi connectivity index (χ3v) is 5.83. The lowest BCUT2D eigenvalue weighted by Crippen LogP contribution is -2.45. The highest BCUT2D eigenvalue weighted by Gasteiger charge is 2.35. The molecule has 2 aromatic heterocycles. The van der Waals surface area contributed by atoms with Gasteiger partial charge in [0.25, 0.3) is 5.91 Å². The molecule has 0 saturated carbocycles. The summed E-state index contributed by atoms with van der Waals surface area (Å²) in [6.07, 6.45) is 4.84. The van der Waals surface area contributed by atoms with Crippen LogP contribution < -0.4 is 15.4 Å². The van der Waals surface area contributed by atoms with Gasteiger partial charge < -0.3 is 20.3 Å². The maximum Gasteiger partial charge on any atom is 0.274 e. The predicted molar refractivity (Wildman–Crippen MR) is 119 cm³/mol. The number of carbonyl (C=O) groups excluding carboxylic acids is 2. The molecule has 1 unspecified atom stereocenters. The number of methoxy groups -OCH3 is 1. The molecule has 2 amide bonds. The van der Waals surface area contributed by atoms with Crippen LogP contribution >= 0.6 is 11.3 Å². The summed E-state index contributed by atoms with van der Waals surface area (Å²) in [4.78, 5) is 35.8. The largest absolute Gasteiger partial charge is 0.497 e. The quantitative estimate of drug-likeness (QED) is 0.589. The van der Waals surface area contributed by atoms with Gasteiger partial charge >= 0.3 is 0 Å². The second kappa shape index (κ2) is 9.57. The number of aromatic nitrogens is 2. The van der Waals surface area contributed by atoms with E-state index in [1.165, 1.54) is 11.3 Å². The molecule has 2 N–H and O–H groups in total. The molecule has 1 saturated heterocycles. The molecule has 160 valence electrons. The molecule has 1 aliphatic rings. The van der Waals surface area contributed by atoms with Crippen LogP contribution in [0, 0.1) is 0 Å². The van der Waals surface area contributed by atoms with Crippen molar-refractivity contribution in [2.24, 2.45) is 0 Å². The van der Waals surface area contributed by atoms with Crippen molar-refractivity contribution in [2.45, 2.75) is 25.4 Å². The van der Waals surface area contributed by atoms with Gasteiger partial charge in [0.05, 0.1) is 7.11 Å². The zero-order valence-corrected chi connectivity index (χ0v) is 17.9. The van der Waals surface area contributed by atoms with Gasteiger partial charge in [-0.3, -0.25) is 14.6 Å². The topological polar surface area (TPSA) is 96.5 Å². The summed E-state index contributed by atoms with van der Waals surface area (Å²) < 4.78 is 5.16. The van der Waals surface area contributed by atoms with Crippen LogP contribution in [0.15, 0.2) is 54.2 Å². The first-order valence-corrected chi connectivity index (χ1v) is 10.9. The summed E-state index contributed by atoms with van der Waals surface area (Å²) in [7, 11) is 1.62. The minimum absolute atomic E-state index is 0.151. The Morgan fingerprint density at radius 3 is 2.84 bits per heavy atom. The van der Waals surface area contributed by atoms with Gasteiger partial charge in [0, 0.05) is 36.6 Å². The molecule has 8 nitrogen and oxygen atoms in total.